The van der Waals surface area contributed by atoms with E-state index >= 15 is 0 Å². The molecule has 1 saturated heterocycles. The van der Waals surface area contributed by atoms with Gasteiger partial charge in [-0.15, -0.1) is 0 Å². The third kappa shape index (κ3) is 5.08. The van der Waals surface area contributed by atoms with Crippen LogP contribution in [0.5, 0.6) is 11.5 Å². The van der Waals surface area contributed by atoms with Crippen LogP contribution in [0.4, 0.5) is 4.79 Å². The molecule has 1 aliphatic rings. The number of ether oxygens (including phenoxy) is 3. The number of cyclic esters (lactones) is 1. The number of pyridine rings is 1. The van der Waals surface area contributed by atoms with Gasteiger partial charge in [0, 0.05) is 31.4 Å². The Balaban J connectivity index is 1.61. The van der Waals surface area contributed by atoms with Crippen LogP contribution in [-0.2, 0) is 33.8 Å². The molecule has 9 nitrogen and oxygen atoms in total. The molecule has 9 heteroatoms. The minimum absolute atomic E-state index is 0.00301. The van der Waals surface area contributed by atoms with E-state index in [4.69, 9.17) is 14.2 Å². The first kappa shape index (κ1) is 23.7. The summed E-state index contributed by atoms with van der Waals surface area (Å²) in [7, 11) is 3.05. The number of nitrogens with one attached hydrogen (secondary N) is 1. The van der Waals surface area contributed by atoms with Gasteiger partial charge in [0.25, 0.3) is 17.4 Å². The highest BCUT2D eigenvalue weighted by Crippen LogP contribution is 2.31. The third-order valence-electron chi connectivity index (χ3n) is 5.69. The van der Waals surface area contributed by atoms with E-state index < -0.39 is 23.5 Å². The van der Waals surface area contributed by atoms with Crippen LogP contribution in [0.2, 0.25) is 0 Å². The molecule has 0 radical (unpaired) electrons. The van der Waals surface area contributed by atoms with Gasteiger partial charge in [0.2, 0.25) is 0 Å². The van der Waals surface area contributed by atoms with Crippen LogP contribution < -0.4 is 14.8 Å². The van der Waals surface area contributed by atoms with E-state index in [1.807, 2.05) is 6.07 Å². The molecule has 1 atom stereocenters. The number of carbonyl (C=O) groups is 3. The molecule has 2 aromatic carbocycles. The number of hydrogen-bond donors (Lipinski definition) is 1. The molecular weight excluding hydrogens is 450 g/mol. The lowest BCUT2D eigenvalue weighted by molar-refractivity contribution is -0.149. The number of amides is 3. The van der Waals surface area contributed by atoms with E-state index in [-0.39, 0.29) is 19.5 Å². The first-order chi connectivity index (χ1) is 16.9. The van der Waals surface area contributed by atoms with Crippen molar-refractivity contribution in [2.45, 2.75) is 25.1 Å². The van der Waals surface area contributed by atoms with Gasteiger partial charge in [0.05, 0.1) is 20.8 Å². The van der Waals surface area contributed by atoms with Crippen LogP contribution in [0.25, 0.3) is 0 Å². The van der Waals surface area contributed by atoms with Crippen molar-refractivity contribution in [3.05, 3.63) is 89.7 Å². The lowest BCUT2D eigenvalue weighted by atomic mass is 9.92. The number of imide groups is 1. The van der Waals surface area contributed by atoms with Gasteiger partial charge in [-0.05, 0) is 41.0 Å². The average molecular weight is 476 g/mol. The number of aromatic nitrogens is 1. The maximum atomic E-state index is 13.6. The molecular formula is C26H25N3O6. The molecule has 1 aliphatic heterocycles. The molecule has 180 valence electrons. The second kappa shape index (κ2) is 10.3. The zero-order valence-corrected chi connectivity index (χ0v) is 19.4. The van der Waals surface area contributed by atoms with Crippen molar-refractivity contribution in [1.82, 2.24) is 15.2 Å². The van der Waals surface area contributed by atoms with Crippen LogP contribution in [0, 0.1) is 0 Å². The standard InChI is InChI=1S/C26H25N3O6/c1-33-21-12-20(13-22(14-21)34-2)16-28-23(30)26(15-18-8-10-27-11-9-18)24(31)29(25(32)35-26)17-19-6-4-3-5-7-19/h3-14H,15-17H2,1-2H3,(H,28,30)/t26-/m1/s1. The number of nitrogens with zero attached hydrogens (tertiary/aromatic N) is 2. The summed E-state index contributed by atoms with van der Waals surface area (Å²) >= 11 is 0. The number of hydrogen-bond acceptors (Lipinski definition) is 7. The highest BCUT2D eigenvalue weighted by Gasteiger charge is 2.59. The first-order valence-corrected chi connectivity index (χ1v) is 10.9. The van der Waals surface area contributed by atoms with Crippen LogP contribution in [-0.4, -0.2) is 47.6 Å². The van der Waals surface area contributed by atoms with Gasteiger partial charge < -0.3 is 19.5 Å². The summed E-state index contributed by atoms with van der Waals surface area (Å²) in [6, 6.07) is 17.6. The Hall–Kier alpha value is -4.40. The monoisotopic (exact) mass is 475 g/mol. The van der Waals surface area contributed by atoms with Crippen molar-refractivity contribution in [1.29, 1.82) is 0 Å². The zero-order chi connectivity index (χ0) is 24.8. The summed E-state index contributed by atoms with van der Waals surface area (Å²) in [6.45, 7) is 0.0605. The van der Waals surface area contributed by atoms with Gasteiger partial charge in [-0.25, -0.2) is 9.69 Å². The fraction of sp³-hybridized carbons (Fsp3) is 0.231. The molecule has 0 spiro atoms. The van der Waals surface area contributed by atoms with E-state index in [1.165, 1.54) is 14.2 Å². The van der Waals surface area contributed by atoms with Gasteiger partial charge in [-0.1, -0.05) is 30.3 Å². The molecule has 3 amide bonds. The molecule has 35 heavy (non-hydrogen) atoms. The number of carbonyl (C=O) groups excluding carboxylic acids is 3. The fourth-order valence-corrected chi connectivity index (χ4v) is 3.87. The van der Waals surface area contributed by atoms with E-state index in [1.54, 1.807) is 67.0 Å². The zero-order valence-electron chi connectivity index (χ0n) is 19.4. The van der Waals surface area contributed by atoms with Crippen molar-refractivity contribution in [2.75, 3.05) is 14.2 Å². The smallest absolute Gasteiger partial charge is 0.418 e. The summed E-state index contributed by atoms with van der Waals surface area (Å²) in [5.41, 5.74) is 0.00438. The topological polar surface area (TPSA) is 107 Å². The lowest BCUT2D eigenvalue weighted by Gasteiger charge is -2.24. The van der Waals surface area contributed by atoms with Crippen LogP contribution in [0.15, 0.2) is 73.1 Å². The molecule has 1 fully saturated rings. The molecule has 1 N–H and O–H groups in total. The summed E-state index contributed by atoms with van der Waals surface area (Å²) in [5.74, 6) is -0.330. The quantitative estimate of drug-likeness (QED) is 0.474. The molecule has 0 saturated carbocycles. The maximum absolute atomic E-state index is 13.6. The molecule has 0 aliphatic carbocycles. The lowest BCUT2D eigenvalue weighted by Crippen LogP contribution is -2.54. The van der Waals surface area contributed by atoms with Gasteiger partial charge in [0.1, 0.15) is 11.5 Å². The Bertz CT molecular complexity index is 1200. The molecule has 0 bridgehead atoms. The normalized spacial score (nSPS) is 17.1. The number of benzene rings is 2. The second-order valence-electron chi connectivity index (χ2n) is 8.01. The first-order valence-electron chi connectivity index (χ1n) is 10.9. The van der Waals surface area contributed by atoms with Gasteiger partial charge in [-0.2, -0.15) is 0 Å². The van der Waals surface area contributed by atoms with E-state index in [2.05, 4.69) is 10.3 Å². The minimum atomic E-state index is -2.05. The van der Waals surface area contributed by atoms with Gasteiger partial charge in [-0.3, -0.25) is 14.6 Å². The Morgan fingerprint density at radius 2 is 1.60 bits per heavy atom. The fourth-order valence-electron chi connectivity index (χ4n) is 3.87. The maximum Gasteiger partial charge on any atom is 0.418 e. The Kier molecular flexibility index (Phi) is 6.96. The second-order valence-corrected chi connectivity index (χ2v) is 8.01. The van der Waals surface area contributed by atoms with Gasteiger partial charge in [0.15, 0.2) is 0 Å². The van der Waals surface area contributed by atoms with Crippen molar-refractivity contribution in [3.63, 3.8) is 0 Å². The molecule has 2 heterocycles. The van der Waals surface area contributed by atoms with E-state index in [0.29, 0.717) is 22.6 Å². The SMILES string of the molecule is COc1cc(CNC(=O)[C@@]2(Cc3ccncc3)OC(=O)N(Cc3ccccc3)C2=O)cc(OC)c1. The van der Waals surface area contributed by atoms with Gasteiger partial charge >= 0.3 is 6.09 Å². The minimum Gasteiger partial charge on any atom is -0.497 e. The van der Waals surface area contributed by atoms with Crippen molar-refractivity contribution in [2.24, 2.45) is 0 Å². The third-order valence-corrected chi connectivity index (χ3v) is 5.69. The Morgan fingerprint density at radius 1 is 0.943 bits per heavy atom. The Morgan fingerprint density at radius 3 is 2.23 bits per heavy atom. The number of methoxy groups -OCH3 is 2. The van der Waals surface area contributed by atoms with Crippen molar-refractivity contribution >= 4 is 17.9 Å². The summed E-state index contributed by atoms with van der Waals surface area (Å²) in [5, 5.41) is 2.75. The predicted molar refractivity (Wildman–Crippen MR) is 126 cm³/mol. The Labute approximate surface area is 202 Å². The largest absolute Gasteiger partial charge is 0.497 e. The van der Waals surface area contributed by atoms with Crippen molar-refractivity contribution < 1.29 is 28.6 Å². The van der Waals surface area contributed by atoms with Crippen LogP contribution >= 0.6 is 0 Å². The summed E-state index contributed by atoms with van der Waals surface area (Å²) < 4.78 is 16.1. The molecule has 0 unspecified atom stereocenters. The summed E-state index contributed by atoms with van der Waals surface area (Å²) in [6.07, 6.45) is 2.10. The average Bonchev–Trinajstić information content (AvgIpc) is 3.13. The van der Waals surface area contributed by atoms with Crippen molar-refractivity contribution in [3.8, 4) is 11.5 Å². The molecule has 3 aromatic rings. The number of rotatable bonds is 9. The van der Waals surface area contributed by atoms with Crippen LogP contribution in [0.3, 0.4) is 0 Å². The van der Waals surface area contributed by atoms with Crippen LogP contribution in [0.1, 0.15) is 16.7 Å². The molecule has 4 rings (SSSR count). The van der Waals surface area contributed by atoms with E-state index in [0.717, 1.165) is 10.5 Å². The highest BCUT2D eigenvalue weighted by molar-refractivity contribution is 6.17. The predicted octanol–water partition coefficient (Wildman–Crippen LogP) is 2.88. The van der Waals surface area contributed by atoms with E-state index in [9.17, 15) is 14.4 Å². The highest BCUT2D eigenvalue weighted by atomic mass is 16.6. The molecule has 1 aromatic heterocycles. The summed E-state index contributed by atoms with van der Waals surface area (Å²) in [4.78, 5) is 44.8.